The van der Waals surface area contributed by atoms with Gasteiger partial charge in [-0.15, -0.1) is 0 Å². The van der Waals surface area contributed by atoms with Crippen molar-refractivity contribution in [2.75, 3.05) is 39.3 Å². The summed E-state index contributed by atoms with van der Waals surface area (Å²) in [6, 6.07) is 7.12. The van der Waals surface area contributed by atoms with Crippen LogP contribution in [0.25, 0.3) is 0 Å². The molecule has 1 aliphatic rings. The Labute approximate surface area is 199 Å². The van der Waals surface area contributed by atoms with Crippen LogP contribution in [-0.4, -0.2) is 80.1 Å². The van der Waals surface area contributed by atoms with E-state index in [0.29, 0.717) is 30.4 Å². The van der Waals surface area contributed by atoms with Gasteiger partial charge in [-0.1, -0.05) is 39.3 Å². The lowest BCUT2D eigenvalue weighted by molar-refractivity contribution is -0.192. The molecule has 2 N–H and O–H groups in total. The SMILES string of the molecule is CCCCN(CCC(=O)N1CCNCC1)S(=O)(=O)c1ccc(C(C)C)cc1.O=C(O)C(F)(F)F. The Hall–Kier alpha value is -2.18. The highest BCUT2D eigenvalue weighted by Gasteiger charge is 2.38. The van der Waals surface area contributed by atoms with Crippen LogP contribution in [0, 0.1) is 0 Å². The van der Waals surface area contributed by atoms with Crippen molar-refractivity contribution in [3.63, 3.8) is 0 Å². The van der Waals surface area contributed by atoms with Gasteiger partial charge in [-0.25, -0.2) is 13.2 Å². The molecule has 8 nitrogen and oxygen atoms in total. The number of hydrogen-bond acceptors (Lipinski definition) is 5. The van der Waals surface area contributed by atoms with Gasteiger partial charge in [0.05, 0.1) is 4.90 Å². The molecule has 0 unspecified atom stereocenters. The first-order chi connectivity index (χ1) is 15.8. The monoisotopic (exact) mass is 509 g/mol. The van der Waals surface area contributed by atoms with Crippen LogP contribution < -0.4 is 5.32 Å². The quantitative estimate of drug-likeness (QED) is 0.530. The van der Waals surface area contributed by atoms with E-state index in [9.17, 15) is 26.4 Å². The third-order valence-electron chi connectivity index (χ3n) is 5.23. The van der Waals surface area contributed by atoms with Gasteiger partial charge in [0.1, 0.15) is 0 Å². The fourth-order valence-corrected chi connectivity index (χ4v) is 4.63. The molecule has 1 amide bonds. The third kappa shape index (κ3) is 9.59. The van der Waals surface area contributed by atoms with Crippen LogP contribution in [0.5, 0.6) is 0 Å². The average molecular weight is 510 g/mol. The number of rotatable bonds is 9. The molecule has 1 aliphatic heterocycles. The number of halogens is 3. The zero-order valence-corrected chi connectivity index (χ0v) is 20.6. The number of alkyl halides is 3. The molecule has 1 heterocycles. The highest BCUT2D eigenvalue weighted by Crippen LogP contribution is 2.21. The molecule has 0 bridgehead atoms. The van der Waals surface area contributed by atoms with Crippen LogP contribution in [0.15, 0.2) is 29.2 Å². The topological polar surface area (TPSA) is 107 Å². The van der Waals surface area contributed by atoms with Gasteiger partial charge >= 0.3 is 12.1 Å². The lowest BCUT2D eigenvalue weighted by Gasteiger charge is -2.29. The van der Waals surface area contributed by atoms with Gasteiger partial charge in [0, 0.05) is 45.7 Å². The van der Waals surface area contributed by atoms with Crippen molar-refractivity contribution in [1.82, 2.24) is 14.5 Å². The minimum atomic E-state index is -5.08. The van der Waals surface area contributed by atoms with Crippen molar-refractivity contribution in [1.29, 1.82) is 0 Å². The van der Waals surface area contributed by atoms with E-state index in [1.165, 1.54) is 4.31 Å². The summed E-state index contributed by atoms with van der Waals surface area (Å²) in [5.41, 5.74) is 1.11. The van der Waals surface area contributed by atoms with Gasteiger partial charge in [-0.2, -0.15) is 17.5 Å². The summed E-state index contributed by atoms with van der Waals surface area (Å²) in [4.78, 5) is 23.5. The molecular formula is C22H34F3N3O5S. The average Bonchev–Trinajstić information content (AvgIpc) is 2.79. The van der Waals surface area contributed by atoms with Gasteiger partial charge in [0.25, 0.3) is 0 Å². The Kier molecular flexibility index (Phi) is 12.0. The van der Waals surface area contributed by atoms with Crippen molar-refractivity contribution < 1.29 is 36.3 Å². The number of benzene rings is 1. The van der Waals surface area contributed by atoms with Gasteiger partial charge in [-0.3, -0.25) is 4.79 Å². The summed E-state index contributed by atoms with van der Waals surface area (Å²) in [5, 5.41) is 10.3. The van der Waals surface area contributed by atoms with E-state index in [1.54, 1.807) is 12.1 Å². The Morgan fingerprint density at radius 3 is 2.09 bits per heavy atom. The predicted octanol–water partition coefficient (Wildman–Crippen LogP) is 3.06. The maximum absolute atomic E-state index is 13.1. The van der Waals surface area contributed by atoms with Gasteiger partial charge < -0.3 is 15.3 Å². The lowest BCUT2D eigenvalue weighted by atomic mass is 10.0. The molecule has 0 saturated carbocycles. The Morgan fingerprint density at radius 2 is 1.65 bits per heavy atom. The van der Waals surface area contributed by atoms with E-state index in [1.807, 2.05) is 24.0 Å². The first kappa shape index (κ1) is 29.9. The molecule has 1 aromatic rings. The molecule has 0 aliphatic carbocycles. The molecule has 194 valence electrons. The number of carboxylic acid groups (broad SMARTS) is 1. The molecule has 0 spiro atoms. The minimum absolute atomic E-state index is 0.0309. The van der Waals surface area contributed by atoms with Crippen LogP contribution in [0.1, 0.15) is 51.5 Å². The van der Waals surface area contributed by atoms with Gasteiger partial charge in [0.15, 0.2) is 0 Å². The zero-order valence-electron chi connectivity index (χ0n) is 19.8. The van der Waals surface area contributed by atoms with Crippen molar-refractivity contribution >= 4 is 21.9 Å². The van der Waals surface area contributed by atoms with Crippen LogP contribution in [-0.2, 0) is 19.6 Å². The fraction of sp³-hybridized carbons (Fsp3) is 0.636. The third-order valence-corrected chi connectivity index (χ3v) is 7.15. The molecule has 1 fully saturated rings. The number of sulfonamides is 1. The minimum Gasteiger partial charge on any atom is -0.475 e. The van der Waals surface area contributed by atoms with E-state index in [2.05, 4.69) is 19.2 Å². The Bertz CT molecular complexity index is 884. The number of carbonyl (C=O) groups is 2. The number of unbranched alkanes of at least 4 members (excludes halogenated alkanes) is 1. The van der Waals surface area contributed by atoms with Crippen molar-refractivity contribution in [2.45, 2.75) is 57.0 Å². The highest BCUT2D eigenvalue weighted by molar-refractivity contribution is 7.89. The second kappa shape index (κ2) is 13.6. The summed E-state index contributed by atoms with van der Waals surface area (Å²) in [5.74, 6) is -2.37. The summed E-state index contributed by atoms with van der Waals surface area (Å²) >= 11 is 0. The van der Waals surface area contributed by atoms with Gasteiger partial charge in [0.2, 0.25) is 15.9 Å². The zero-order chi connectivity index (χ0) is 25.9. The number of carboxylic acids is 1. The van der Waals surface area contributed by atoms with Crippen LogP contribution in [0.2, 0.25) is 0 Å². The van der Waals surface area contributed by atoms with E-state index in [0.717, 1.165) is 31.5 Å². The summed E-state index contributed by atoms with van der Waals surface area (Å²) < 4.78 is 59.4. The second-order valence-electron chi connectivity index (χ2n) is 8.17. The van der Waals surface area contributed by atoms with Crippen molar-refractivity contribution in [3.05, 3.63) is 29.8 Å². The van der Waals surface area contributed by atoms with Crippen molar-refractivity contribution in [3.8, 4) is 0 Å². The molecule has 1 saturated heterocycles. The van der Waals surface area contributed by atoms with Crippen LogP contribution >= 0.6 is 0 Å². The molecule has 1 aromatic carbocycles. The molecule has 12 heteroatoms. The normalized spacial score (nSPS) is 14.6. The Morgan fingerprint density at radius 1 is 1.12 bits per heavy atom. The lowest BCUT2D eigenvalue weighted by Crippen LogP contribution is -2.47. The smallest absolute Gasteiger partial charge is 0.475 e. The maximum atomic E-state index is 13.1. The molecule has 34 heavy (non-hydrogen) atoms. The first-order valence-corrected chi connectivity index (χ1v) is 12.6. The number of amides is 1. The number of carbonyl (C=O) groups excluding carboxylic acids is 1. The van der Waals surface area contributed by atoms with Crippen LogP contribution in [0.3, 0.4) is 0 Å². The molecule has 2 rings (SSSR count). The standard InChI is InChI=1S/C20H33N3O3S.C2HF3O2/c1-4-5-13-23(14-10-20(24)22-15-11-21-12-16-22)27(25,26)19-8-6-18(7-9-19)17(2)3;3-2(4,5)1(6)7/h6-9,17,21H,4-5,10-16H2,1-3H3;(H,6,7). The molecule has 0 atom stereocenters. The number of nitrogens with one attached hydrogen (secondary N) is 1. The summed E-state index contributed by atoms with van der Waals surface area (Å²) in [6.45, 7) is 9.86. The largest absolute Gasteiger partial charge is 0.490 e. The van der Waals surface area contributed by atoms with Gasteiger partial charge in [-0.05, 0) is 30.0 Å². The fourth-order valence-electron chi connectivity index (χ4n) is 3.15. The number of aliphatic carboxylic acids is 1. The van der Waals surface area contributed by atoms with E-state index >= 15 is 0 Å². The Balaban J connectivity index is 0.000000718. The summed E-state index contributed by atoms with van der Waals surface area (Å²) in [7, 11) is -3.59. The number of hydrogen-bond donors (Lipinski definition) is 2. The molecule has 0 aromatic heterocycles. The molecular weight excluding hydrogens is 475 g/mol. The number of nitrogens with zero attached hydrogens (tertiary/aromatic N) is 2. The van der Waals surface area contributed by atoms with E-state index < -0.39 is 22.2 Å². The van der Waals surface area contributed by atoms with Crippen molar-refractivity contribution in [2.24, 2.45) is 0 Å². The van der Waals surface area contributed by atoms with Crippen LogP contribution in [0.4, 0.5) is 13.2 Å². The number of piperazine rings is 1. The highest BCUT2D eigenvalue weighted by atomic mass is 32.2. The van der Waals surface area contributed by atoms with E-state index in [-0.39, 0.29) is 18.9 Å². The summed E-state index contributed by atoms with van der Waals surface area (Å²) in [6.07, 6.45) is -3.16. The van der Waals surface area contributed by atoms with E-state index in [4.69, 9.17) is 9.90 Å². The second-order valence-corrected chi connectivity index (χ2v) is 10.1. The predicted molar refractivity (Wildman–Crippen MR) is 122 cm³/mol. The maximum Gasteiger partial charge on any atom is 0.490 e. The first-order valence-electron chi connectivity index (χ1n) is 11.2. The molecule has 0 radical (unpaired) electrons.